The molecular weight excluding hydrogens is 336 g/mol. The average Bonchev–Trinajstić information content (AvgIpc) is 2.75. The molecule has 1 aliphatic rings. The highest BCUT2D eigenvalue weighted by molar-refractivity contribution is 9.10. The van der Waals surface area contributed by atoms with E-state index in [1.165, 1.54) is 30.0 Å². The zero-order chi connectivity index (χ0) is 14.5. The van der Waals surface area contributed by atoms with Gasteiger partial charge in [0.05, 0.1) is 15.9 Å². The second-order valence-corrected chi connectivity index (χ2v) is 7.54. The molecule has 0 aromatic carbocycles. The Hall–Kier alpha value is -0.0400. The van der Waals surface area contributed by atoms with Crippen molar-refractivity contribution in [3.05, 3.63) is 15.9 Å². The number of hydrazine groups is 1. The van der Waals surface area contributed by atoms with Crippen molar-refractivity contribution in [2.45, 2.75) is 52.1 Å². The molecule has 0 radical (unpaired) electrons. The average molecular weight is 361 g/mol. The van der Waals surface area contributed by atoms with E-state index >= 15 is 0 Å². The molecule has 2 heterocycles. The maximum Gasteiger partial charge on any atom is 0.0738 e. The highest BCUT2D eigenvalue weighted by atomic mass is 79.9. The normalized spacial score (nSPS) is 18.4. The molecule has 114 valence electrons. The summed E-state index contributed by atoms with van der Waals surface area (Å²) in [5.74, 6) is 9.21. The van der Waals surface area contributed by atoms with Gasteiger partial charge >= 0.3 is 0 Å². The number of rotatable bonds is 6. The van der Waals surface area contributed by atoms with E-state index in [4.69, 9.17) is 5.84 Å². The maximum atomic E-state index is 5.79. The monoisotopic (exact) mass is 360 g/mol. The first-order valence-corrected chi connectivity index (χ1v) is 9.36. The molecular formula is C14H25BrN4S. The molecule has 0 bridgehead atoms. The third-order valence-corrected chi connectivity index (χ3v) is 6.17. The summed E-state index contributed by atoms with van der Waals surface area (Å²) in [5, 5.41) is 4.56. The maximum absolute atomic E-state index is 5.79. The molecule has 0 spiro atoms. The number of thioether (sulfide) groups is 1. The SMILES string of the molecule is CCn1nc(C)c(Br)c1CC(CC1CCSCC1)NN. The van der Waals surface area contributed by atoms with Crippen LogP contribution in [0.25, 0.3) is 0 Å². The van der Waals surface area contributed by atoms with Crippen LogP contribution in [0.3, 0.4) is 0 Å². The second-order valence-electron chi connectivity index (χ2n) is 5.52. The lowest BCUT2D eigenvalue weighted by atomic mass is 9.92. The first kappa shape index (κ1) is 16.3. The smallest absolute Gasteiger partial charge is 0.0738 e. The van der Waals surface area contributed by atoms with Crippen LogP contribution in [-0.4, -0.2) is 27.3 Å². The van der Waals surface area contributed by atoms with Gasteiger partial charge < -0.3 is 0 Å². The molecule has 1 aromatic rings. The summed E-state index contributed by atoms with van der Waals surface area (Å²) in [7, 11) is 0. The lowest BCUT2D eigenvalue weighted by Crippen LogP contribution is -2.39. The quantitative estimate of drug-likeness (QED) is 0.604. The fourth-order valence-electron chi connectivity index (χ4n) is 2.89. The van der Waals surface area contributed by atoms with E-state index in [1.807, 2.05) is 6.92 Å². The fourth-order valence-corrected chi connectivity index (χ4v) is 4.54. The number of aryl methyl sites for hydroxylation is 2. The predicted molar refractivity (Wildman–Crippen MR) is 89.8 cm³/mol. The molecule has 1 aromatic heterocycles. The van der Waals surface area contributed by atoms with E-state index < -0.39 is 0 Å². The van der Waals surface area contributed by atoms with Gasteiger partial charge in [0.1, 0.15) is 0 Å². The van der Waals surface area contributed by atoms with Gasteiger partial charge in [-0.25, -0.2) is 0 Å². The Labute approximate surface area is 134 Å². The Morgan fingerprint density at radius 1 is 1.50 bits per heavy atom. The van der Waals surface area contributed by atoms with Crippen LogP contribution in [0.5, 0.6) is 0 Å². The predicted octanol–water partition coefficient (Wildman–Crippen LogP) is 2.88. The molecule has 4 nitrogen and oxygen atoms in total. The number of hydrogen-bond acceptors (Lipinski definition) is 4. The Morgan fingerprint density at radius 3 is 2.80 bits per heavy atom. The van der Waals surface area contributed by atoms with Gasteiger partial charge in [-0.05, 0) is 66.5 Å². The lowest BCUT2D eigenvalue weighted by Gasteiger charge is -2.26. The summed E-state index contributed by atoms with van der Waals surface area (Å²) in [6, 6.07) is 0.334. The van der Waals surface area contributed by atoms with Crippen LogP contribution in [0.4, 0.5) is 0 Å². The van der Waals surface area contributed by atoms with Gasteiger partial charge in [0, 0.05) is 19.0 Å². The number of hydrogen-bond donors (Lipinski definition) is 2. The summed E-state index contributed by atoms with van der Waals surface area (Å²) in [6.07, 6.45) is 4.76. The molecule has 0 amide bonds. The summed E-state index contributed by atoms with van der Waals surface area (Å²) in [6.45, 7) is 5.08. The third-order valence-electron chi connectivity index (χ3n) is 4.09. The van der Waals surface area contributed by atoms with Crippen LogP contribution in [-0.2, 0) is 13.0 Å². The standard InChI is InChI=1S/C14H25BrN4S/c1-3-19-13(14(15)10(2)18-19)9-12(17-16)8-11-4-6-20-7-5-11/h11-12,17H,3-9,16H2,1-2H3. The Kier molecular flexibility index (Phi) is 6.39. The van der Waals surface area contributed by atoms with E-state index in [9.17, 15) is 0 Å². The Balaban J connectivity index is 2.02. The largest absolute Gasteiger partial charge is 0.271 e. The lowest BCUT2D eigenvalue weighted by molar-refractivity contribution is 0.360. The number of aromatic nitrogens is 2. The Morgan fingerprint density at radius 2 is 2.20 bits per heavy atom. The van der Waals surface area contributed by atoms with Crippen molar-refractivity contribution in [1.82, 2.24) is 15.2 Å². The van der Waals surface area contributed by atoms with Crippen molar-refractivity contribution < 1.29 is 0 Å². The summed E-state index contributed by atoms with van der Waals surface area (Å²) >= 11 is 5.75. The van der Waals surface area contributed by atoms with Gasteiger partial charge in [0.25, 0.3) is 0 Å². The van der Waals surface area contributed by atoms with E-state index in [0.717, 1.165) is 35.5 Å². The van der Waals surface area contributed by atoms with Crippen molar-refractivity contribution in [2.75, 3.05) is 11.5 Å². The summed E-state index contributed by atoms with van der Waals surface area (Å²) in [5.41, 5.74) is 5.34. The molecule has 1 saturated heterocycles. The van der Waals surface area contributed by atoms with Gasteiger partial charge in [-0.15, -0.1) is 0 Å². The van der Waals surface area contributed by atoms with Crippen LogP contribution in [0.2, 0.25) is 0 Å². The molecule has 1 atom stereocenters. The molecule has 1 aliphatic heterocycles. The molecule has 1 unspecified atom stereocenters. The number of halogens is 1. The van der Waals surface area contributed by atoms with Crippen molar-refractivity contribution >= 4 is 27.7 Å². The van der Waals surface area contributed by atoms with Crippen LogP contribution >= 0.6 is 27.7 Å². The molecule has 3 N–H and O–H groups in total. The number of nitrogens with two attached hydrogens (primary N) is 1. The first-order valence-electron chi connectivity index (χ1n) is 7.41. The zero-order valence-electron chi connectivity index (χ0n) is 12.4. The zero-order valence-corrected chi connectivity index (χ0v) is 14.8. The highest BCUT2D eigenvalue weighted by Gasteiger charge is 2.21. The highest BCUT2D eigenvalue weighted by Crippen LogP contribution is 2.28. The van der Waals surface area contributed by atoms with Gasteiger partial charge in [-0.2, -0.15) is 16.9 Å². The van der Waals surface area contributed by atoms with Crippen molar-refractivity contribution in [2.24, 2.45) is 11.8 Å². The van der Waals surface area contributed by atoms with Gasteiger partial charge in [-0.1, -0.05) is 0 Å². The molecule has 0 aliphatic carbocycles. The number of nitrogens with one attached hydrogen (secondary N) is 1. The minimum atomic E-state index is 0.334. The summed E-state index contributed by atoms with van der Waals surface area (Å²) in [4.78, 5) is 0. The van der Waals surface area contributed by atoms with E-state index in [1.54, 1.807) is 0 Å². The minimum absolute atomic E-state index is 0.334. The molecule has 20 heavy (non-hydrogen) atoms. The Bertz CT molecular complexity index is 429. The second kappa shape index (κ2) is 7.82. The fraction of sp³-hybridized carbons (Fsp3) is 0.786. The van der Waals surface area contributed by atoms with Crippen LogP contribution < -0.4 is 11.3 Å². The van der Waals surface area contributed by atoms with Gasteiger partial charge in [-0.3, -0.25) is 16.0 Å². The molecule has 2 rings (SSSR count). The van der Waals surface area contributed by atoms with E-state index in [-0.39, 0.29) is 0 Å². The minimum Gasteiger partial charge on any atom is -0.271 e. The molecule has 6 heteroatoms. The van der Waals surface area contributed by atoms with Crippen LogP contribution in [0, 0.1) is 12.8 Å². The van der Waals surface area contributed by atoms with Crippen LogP contribution in [0.1, 0.15) is 37.6 Å². The van der Waals surface area contributed by atoms with E-state index in [2.05, 4.69) is 49.8 Å². The van der Waals surface area contributed by atoms with Gasteiger partial charge in [0.2, 0.25) is 0 Å². The van der Waals surface area contributed by atoms with Crippen molar-refractivity contribution in [1.29, 1.82) is 0 Å². The van der Waals surface area contributed by atoms with Crippen LogP contribution in [0.15, 0.2) is 4.47 Å². The van der Waals surface area contributed by atoms with Crippen molar-refractivity contribution in [3.8, 4) is 0 Å². The molecule has 0 saturated carbocycles. The van der Waals surface area contributed by atoms with Gasteiger partial charge in [0.15, 0.2) is 0 Å². The van der Waals surface area contributed by atoms with Crippen molar-refractivity contribution in [3.63, 3.8) is 0 Å². The molecule has 1 fully saturated rings. The number of nitrogens with zero attached hydrogens (tertiary/aromatic N) is 2. The van der Waals surface area contributed by atoms with E-state index in [0.29, 0.717) is 6.04 Å². The topological polar surface area (TPSA) is 55.9 Å². The third kappa shape index (κ3) is 4.00. The summed E-state index contributed by atoms with van der Waals surface area (Å²) < 4.78 is 3.22. The first-order chi connectivity index (χ1) is 9.65.